The largest absolute Gasteiger partial charge is 0.384 e. The first-order valence-electron chi connectivity index (χ1n) is 9.14. The van der Waals surface area contributed by atoms with Crippen molar-refractivity contribution in [2.24, 2.45) is 0 Å². The van der Waals surface area contributed by atoms with Gasteiger partial charge >= 0.3 is 7.60 Å². The highest BCUT2D eigenvalue weighted by molar-refractivity contribution is 7.65. The fourth-order valence-corrected chi connectivity index (χ4v) is 5.52. The molecule has 1 aliphatic carbocycles. The summed E-state index contributed by atoms with van der Waals surface area (Å²) in [5, 5.41) is 11.8. The topological polar surface area (TPSA) is 55.8 Å². The van der Waals surface area contributed by atoms with Gasteiger partial charge in [-0.25, -0.2) is 0 Å². The Morgan fingerprint density at radius 3 is 2.14 bits per heavy atom. The first-order valence-corrected chi connectivity index (χ1v) is 11.1. The Labute approximate surface area is 171 Å². The molecule has 2 aromatic carbocycles. The number of benzene rings is 2. The normalized spacial score (nSPS) is 18.1. The Bertz CT molecular complexity index is 914. The maximum atomic E-state index is 13.4. The second-order valence-electron chi connectivity index (χ2n) is 6.56. The lowest BCUT2D eigenvalue weighted by Crippen LogP contribution is -2.10. The van der Waals surface area contributed by atoms with Crippen molar-refractivity contribution in [3.05, 3.63) is 88.0 Å². The molecule has 1 unspecified atom stereocenters. The summed E-state index contributed by atoms with van der Waals surface area (Å²) < 4.78 is 24.0. The fraction of sp³-hybridized carbons (Fsp3) is 0.273. The molecule has 0 saturated carbocycles. The molecule has 0 heterocycles. The lowest BCUT2D eigenvalue weighted by molar-refractivity contribution is 0.209. The van der Waals surface area contributed by atoms with Gasteiger partial charge in [0.25, 0.3) is 0 Å². The maximum Gasteiger partial charge on any atom is 0.361 e. The molecule has 1 N–H and O–H groups in total. The Balaban J connectivity index is 2.20. The maximum absolute atomic E-state index is 13.4. The zero-order valence-electron chi connectivity index (χ0n) is 16.0. The van der Waals surface area contributed by atoms with E-state index in [0.717, 1.165) is 23.1 Å². The molecular weight excluding hydrogens is 395 g/mol. The number of hydrogen-bond acceptors (Lipinski definition) is 4. The van der Waals surface area contributed by atoms with E-state index in [4.69, 9.17) is 20.6 Å². The molecular formula is C22H24ClO4P. The molecule has 0 bridgehead atoms. The van der Waals surface area contributed by atoms with E-state index >= 15 is 0 Å². The van der Waals surface area contributed by atoms with E-state index in [0.29, 0.717) is 28.8 Å². The zero-order chi connectivity index (χ0) is 20.1. The van der Waals surface area contributed by atoms with Crippen LogP contribution in [0.3, 0.4) is 0 Å². The quantitative estimate of drug-likeness (QED) is 0.560. The monoisotopic (exact) mass is 418 g/mol. The van der Waals surface area contributed by atoms with Crippen LogP contribution in [0.15, 0.2) is 76.8 Å². The van der Waals surface area contributed by atoms with E-state index in [-0.39, 0.29) is 0 Å². The van der Waals surface area contributed by atoms with Gasteiger partial charge in [0, 0.05) is 19.3 Å². The third-order valence-electron chi connectivity index (χ3n) is 4.95. The first-order chi connectivity index (χ1) is 13.5. The summed E-state index contributed by atoms with van der Waals surface area (Å²) in [6.45, 7) is 0. The van der Waals surface area contributed by atoms with Gasteiger partial charge in [0.15, 0.2) is 0 Å². The van der Waals surface area contributed by atoms with Crippen LogP contribution < -0.4 is 0 Å². The van der Waals surface area contributed by atoms with Gasteiger partial charge in [-0.1, -0.05) is 72.3 Å². The van der Waals surface area contributed by atoms with Crippen molar-refractivity contribution in [2.45, 2.75) is 25.4 Å². The number of hydrogen-bond donors (Lipinski definition) is 1. The van der Waals surface area contributed by atoms with Crippen LogP contribution >= 0.6 is 19.2 Å². The molecule has 0 saturated heterocycles. The van der Waals surface area contributed by atoms with Crippen molar-refractivity contribution in [3.63, 3.8) is 0 Å². The van der Waals surface area contributed by atoms with Crippen molar-refractivity contribution >= 4 is 24.5 Å². The summed E-state index contributed by atoms with van der Waals surface area (Å²) >= 11 is 6.79. The average Bonchev–Trinajstić information content (AvgIpc) is 2.76. The molecule has 0 radical (unpaired) electrons. The summed E-state index contributed by atoms with van der Waals surface area (Å²) in [4.78, 5) is 0. The molecule has 28 heavy (non-hydrogen) atoms. The molecule has 0 amide bonds. The van der Waals surface area contributed by atoms with Crippen LogP contribution in [0, 0.1) is 0 Å². The summed E-state index contributed by atoms with van der Waals surface area (Å²) in [6.07, 6.45) is 1.27. The second kappa shape index (κ2) is 9.21. The van der Waals surface area contributed by atoms with Crippen molar-refractivity contribution in [1.82, 2.24) is 0 Å². The zero-order valence-corrected chi connectivity index (χ0v) is 17.6. The highest BCUT2D eigenvalue weighted by Gasteiger charge is 2.35. The van der Waals surface area contributed by atoms with E-state index in [2.05, 4.69) is 0 Å². The predicted molar refractivity (Wildman–Crippen MR) is 113 cm³/mol. The van der Waals surface area contributed by atoms with Crippen LogP contribution in [0.1, 0.15) is 36.5 Å². The molecule has 1 aliphatic rings. The van der Waals surface area contributed by atoms with Crippen LogP contribution in [0.2, 0.25) is 0 Å². The number of halogens is 1. The molecule has 1 atom stereocenters. The molecule has 148 valence electrons. The van der Waals surface area contributed by atoms with E-state index < -0.39 is 13.7 Å². The van der Waals surface area contributed by atoms with Gasteiger partial charge in [0.05, 0.1) is 5.31 Å². The van der Waals surface area contributed by atoms with Gasteiger partial charge in [-0.3, -0.25) is 4.57 Å². The molecule has 0 aliphatic heterocycles. The molecule has 3 rings (SSSR count). The SMILES string of the molecule is COP(=O)(OC)/C(=C1/CCCC(C(O)c2ccccc2)=C1Cl)c1ccccc1. The van der Waals surface area contributed by atoms with Crippen LogP contribution in [0.25, 0.3) is 5.31 Å². The van der Waals surface area contributed by atoms with Crippen LogP contribution in [-0.2, 0) is 13.6 Å². The van der Waals surface area contributed by atoms with Crippen molar-refractivity contribution < 1.29 is 18.7 Å². The number of aliphatic hydroxyl groups excluding tert-OH is 1. The number of allylic oxidation sites excluding steroid dienone is 2. The Morgan fingerprint density at radius 2 is 1.57 bits per heavy atom. The molecule has 0 spiro atoms. The minimum absolute atomic E-state index is 0.441. The average molecular weight is 419 g/mol. The predicted octanol–water partition coefficient (Wildman–Crippen LogP) is 6.29. The molecule has 6 heteroatoms. The molecule has 4 nitrogen and oxygen atoms in total. The van der Waals surface area contributed by atoms with Gasteiger partial charge in [0.2, 0.25) is 0 Å². The van der Waals surface area contributed by atoms with E-state index in [1.54, 1.807) is 0 Å². The van der Waals surface area contributed by atoms with Crippen LogP contribution in [0.5, 0.6) is 0 Å². The third kappa shape index (κ3) is 4.17. The van der Waals surface area contributed by atoms with Crippen molar-refractivity contribution in [3.8, 4) is 0 Å². The van der Waals surface area contributed by atoms with Crippen LogP contribution in [-0.4, -0.2) is 19.3 Å². The third-order valence-corrected chi connectivity index (χ3v) is 7.46. The van der Waals surface area contributed by atoms with Gasteiger partial charge in [0.1, 0.15) is 6.10 Å². The summed E-state index contributed by atoms with van der Waals surface area (Å²) in [6, 6.07) is 18.7. The van der Waals surface area contributed by atoms with E-state index in [1.807, 2.05) is 60.7 Å². The summed E-state index contributed by atoms with van der Waals surface area (Å²) in [5.74, 6) is 0. The smallest absolute Gasteiger partial charge is 0.361 e. The Kier molecular flexibility index (Phi) is 6.92. The highest BCUT2D eigenvalue weighted by Crippen LogP contribution is 2.62. The van der Waals surface area contributed by atoms with Crippen molar-refractivity contribution in [2.75, 3.05) is 14.2 Å². The van der Waals surface area contributed by atoms with Gasteiger partial charge in [-0.2, -0.15) is 0 Å². The Morgan fingerprint density at radius 1 is 1.00 bits per heavy atom. The van der Waals surface area contributed by atoms with Gasteiger partial charge in [-0.15, -0.1) is 0 Å². The van der Waals surface area contributed by atoms with E-state index in [1.165, 1.54) is 14.2 Å². The van der Waals surface area contributed by atoms with E-state index in [9.17, 15) is 9.67 Å². The summed E-state index contributed by atoms with van der Waals surface area (Å²) in [7, 11) is -0.830. The lowest BCUT2D eigenvalue weighted by atomic mass is 9.88. The molecule has 2 aromatic rings. The second-order valence-corrected chi connectivity index (χ2v) is 9.11. The minimum atomic E-state index is -3.57. The van der Waals surface area contributed by atoms with Gasteiger partial charge in [-0.05, 0) is 41.5 Å². The molecule has 0 fully saturated rings. The highest BCUT2D eigenvalue weighted by atomic mass is 35.5. The van der Waals surface area contributed by atoms with Gasteiger partial charge < -0.3 is 14.2 Å². The molecule has 0 aromatic heterocycles. The minimum Gasteiger partial charge on any atom is -0.384 e. The van der Waals surface area contributed by atoms with Crippen LogP contribution in [0.4, 0.5) is 0 Å². The number of rotatable bonds is 6. The fourth-order valence-electron chi connectivity index (χ4n) is 3.54. The standard InChI is InChI=1S/C22H24ClO4P/c1-26-28(25,27-2)22(17-12-7-4-8-13-17)19-15-9-14-18(20(19)23)21(24)16-10-5-3-6-11-16/h3-8,10-13,21,24H,9,14-15H2,1-2H3/b22-19-. The lowest BCUT2D eigenvalue weighted by Gasteiger charge is -2.27. The first kappa shape index (κ1) is 21.0. The van der Waals surface area contributed by atoms with Crippen molar-refractivity contribution in [1.29, 1.82) is 0 Å². The number of aliphatic hydroxyl groups is 1. The summed E-state index contributed by atoms with van der Waals surface area (Å²) in [5.41, 5.74) is 2.94. The Hall–Kier alpha value is -1.68.